The minimum absolute atomic E-state index is 0.00472. The Bertz CT molecular complexity index is 930. The van der Waals surface area contributed by atoms with Crippen LogP contribution >= 0.6 is 0 Å². The van der Waals surface area contributed by atoms with Gasteiger partial charge in [0.1, 0.15) is 12.1 Å². The number of aliphatic hydroxyl groups is 1. The Hall–Kier alpha value is -2.16. The number of aliphatic carboxylic acids is 1. The first-order valence-electron chi connectivity index (χ1n) is 24.4. The van der Waals surface area contributed by atoms with Crippen molar-refractivity contribution in [3.05, 3.63) is 0 Å². The van der Waals surface area contributed by atoms with Gasteiger partial charge in [0, 0.05) is 12.8 Å². The molecule has 0 bridgehead atoms. The van der Waals surface area contributed by atoms with Gasteiger partial charge in [0.05, 0.1) is 13.2 Å². The number of carbonyl (C=O) groups excluding carboxylic acids is 3. The van der Waals surface area contributed by atoms with E-state index in [0.717, 1.165) is 57.8 Å². The number of nitrogens with one attached hydrogen (secondary N) is 2. The van der Waals surface area contributed by atoms with Crippen molar-refractivity contribution in [1.29, 1.82) is 0 Å². The minimum Gasteiger partial charge on any atom is -0.480 e. The van der Waals surface area contributed by atoms with Gasteiger partial charge in [0.2, 0.25) is 11.8 Å². The van der Waals surface area contributed by atoms with Crippen LogP contribution in [0.25, 0.3) is 0 Å². The van der Waals surface area contributed by atoms with Gasteiger partial charge in [-0.15, -0.1) is 0 Å². The Morgan fingerprint density at radius 1 is 0.456 bits per heavy atom. The van der Waals surface area contributed by atoms with Crippen LogP contribution in [0.5, 0.6) is 0 Å². The highest BCUT2D eigenvalue weighted by atomic mass is 16.5. The summed E-state index contributed by atoms with van der Waals surface area (Å²) in [5.41, 5.74) is 0. The van der Waals surface area contributed by atoms with Crippen LogP contribution in [-0.2, 0) is 23.9 Å². The number of hydrogen-bond acceptors (Lipinski definition) is 6. The van der Waals surface area contributed by atoms with Gasteiger partial charge in [0.25, 0.3) is 0 Å². The molecule has 0 aliphatic heterocycles. The van der Waals surface area contributed by atoms with Crippen molar-refractivity contribution in [2.75, 3.05) is 13.2 Å². The second-order valence-electron chi connectivity index (χ2n) is 16.9. The maximum atomic E-state index is 12.8. The first-order chi connectivity index (χ1) is 27.8. The normalized spacial score (nSPS) is 12.3. The Labute approximate surface area is 350 Å². The zero-order chi connectivity index (χ0) is 41.9. The van der Waals surface area contributed by atoms with E-state index < -0.39 is 24.5 Å². The molecule has 57 heavy (non-hydrogen) atoms. The molecule has 0 spiro atoms. The van der Waals surface area contributed by atoms with Crippen LogP contribution in [0.4, 0.5) is 0 Å². The van der Waals surface area contributed by atoms with Crippen LogP contribution in [0.1, 0.15) is 258 Å². The molecule has 9 heteroatoms. The predicted molar refractivity (Wildman–Crippen MR) is 236 cm³/mol. The van der Waals surface area contributed by atoms with E-state index in [0.29, 0.717) is 19.3 Å². The fourth-order valence-electron chi connectivity index (χ4n) is 7.60. The lowest BCUT2D eigenvalue weighted by molar-refractivity contribution is -0.150. The molecule has 0 aromatic carbocycles. The summed E-state index contributed by atoms with van der Waals surface area (Å²) in [6, 6.07) is -1.38. The van der Waals surface area contributed by atoms with E-state index in [2.05, 4.69) is 24.5 Å². The van der Waals surface area contributed by atoms with Gasteiger partial charge in [-0.1, -0.05) is 206 Å². The standard InChI is InChI=1S/C48H92N2O7/c1-3-5-7-9-11-13-15-17-18-19-20-21-23-25-27-32-36-40-47(54)57-43(37-33-29-26-24-22-16-14-12-10-8-6-4-2)38-34-30-28-31-35-39-45(52)49-41-46(53)50-44(42-51)48(55)56/h43-44,51H,3-42H2,1-2H3,(H,49,52)(H,50,53)(H,55,56). The lowest BCUT2D eigenvalue weighted by Crippen LogP contribution is -2.47. The number of unbranched alkanes of at least 4 members (excludes halogenated alkanes) is 31. The van der Waals surface area contributed by atoms with Crippen molar-refractivity contribution >= 4 is 23.8 Å². The third kappa shape index (κ3) is 40.4. The molecule has 0 aromatic heterocycles. The molecule has 0 aromatic rings. The topological polar surface area (TPSA) is 142 Å². The second-order valence-corrected chi connectivity index (χ2v) is 16.9. The molecule has 9 nitrogen and oxygen atoms in total. The van der Waals surface area contributed by atoms with Crippen LogP contribution in [0.3, 0.4) is 0 Å². The summed E-state index contributed by atoms with van der Waals surface area (Å²) in [4.78, 5) is 47.7. The van der Waals surface area contributed by atoms with Crippen LogP contribution < -0.4 is 10.6 Å². The van der Waals surface area contributed by atoms with Crippen molar-refractivity contribution in [3.8, 4) is 0 Å². The van der Waals surface area contributed by atoms with Gasteiger partial charge in [-0.2, -0.15) is 0 Å². The predicted octanol–water partition coefficient (Wildman–Crippen LogP) is 12.4. The smallest absolute Gasteiger partial charge is 0.328 e. The monoisotopic (exact) mass is 809 g/mol. The molecule has 0 rings (SSSR count). The highest BCUT2D eigenvalue weighted by Gasteiger charge is 2.19. The Kier molecular flexibility index (Phi) is 41.8. The Morgan fingerprint density at radius 3 is 1.14 bits per heavy atom. The minimum atomic E-state index is -1.38. The van der Waals surface area contributed by atoms with Gasteiger partial charge in [-0.3, -0.25) is 14.4 Å². The molecule has 4 N–H and O–H groups in total. The van der Waals surface area contributed by atoms with Crippen molar-refractivity contribution in [1.82, 2.24) is 10.6 Å². The van der Waals surface area contributed by atoms with Gasteiger partial charge in [-0.05, 0) is 38.5 Å². The van der Waals surface area contributed by atoms with E-state index in [1.54, 1.807) is 0 Å². The molecule has 0 saturated carbocycles. The number of esters is 1. The number of carboxylic acids is 1. The van der Waals surface area contributed by atoms with Crippen LogP contribution in [0.2, 0.25) is 0 Å². The zero-order valence-corrected chi connectivity index (χ0v) is 37.4. The second kappa shape index (κ2) is 43.4. The zero-order valence-electron chi connectivity index (χ0n) is 37.4. The molecule has 0 aliphatic carbocycles. The van der Waals surface area contributed by atoms with Crippen molar-refractivity contribution in [2.24, 2.45) is 0 Å². The number of carboxylic acid groups (broad SMARTS) is 1. The molecule has 0 heterocycles. The van der Waals surface area contributed by atoms with Crippen molar-refractivity contribution < 1.29 is 34.1 Å². The third-order valence-electron chi connectivity index (χ3n) is 11.4. The Balaban J connectivity index is 4.22. The van der Waals surface area contributed by atoms with E-state index in [1.807, 2.05) is 0 Å². The molecular weight excluding hydrogens is 717 g/mol. The summed E-state index contributed by atoms with van der Waals surface area (Å²) >= 11 is 0. The number of rotatable bonds is 45. The summed E-state index contributed by atoms with van der Waals surface area (Å²) in [6.45, 7) is 3.52. The van der Waals surface area contributed by atoms with Crippen molar-refractivity contribution in [3.63, 3.8) is 0 Å². The van der Waals surface area contributed by atoms with Crippen LogP contribution in [0.15, 0.2) is 0 Å². The third-order valence-corrected chi connectivity index (χ3v) is 11.4. The number of amides is 2. The maximum absolute atomic E-state index is 12.8. The van der Waals surface area contributed by atoms with E-state index in [9.17, 15) is 19.2 Å². The summed E-state index contributed by atoms with van der Waals surface area (Å²) in [5, 5.41) is 22.6. The highest BCUT2D eigenvalue weighted by Crippen LogP contribution is 2.20. The first-order valence-corrected chi connectivity index (χ1v) is 24.4. The summed E-state index contributed by atoms with van der Waals surface area (Å²) < 4.78 is 6.06. The molecule has 2 amide bonds. The van der Waals surface area contributed by atoms with E-state index in [1.165, 1.54) is 167 Å². The molecule has 0 saturated heterocycles. The average Bonchev–Trinajstić information content (AvgIpc) is 3.20. The number of hydrogen-bond donors (Lipinski definition) is 4. The molecule has 0 radical (unpaired) electrons. The number of carbonyl (C=O) groups is 4. The molecule has 0 aliphatic rings. The molecule has 2 atom stereocenters. The fourth-order valence-corrected chi connectivity index (χ4v) is 7.60. The SMILES string of the molecule is CCCCCCCCCCCCCCCCCCCC(=O)OC(CCCCCCCCCCCCCC)CCCCCCCC(=O)NCC(=O)NC(CO)C(=O)O. The van der Waals surface area contributed by atoms with Gasteiger partial charge in [-0.25, -0.2) is 4.79 Å². The summed E-state index contributed by atoms with van der Waals surface area (Å²) in [7, 11) is 0. The van der Waals surface area contributed by atoms with Crippen LogP contribution in [0, 0.1) is 0 Å². The van der Waals surface area contributed by atoms with Gasteiger partial charge in [0.15, 0.2) is 0 Å². The van der Waals surface area contributed by atoms with Gasteiger partial charge >= 0.3 is 11.9 Å². The van der Waals surface area contributed by atoms with E-state index >= 15 is 0 Å². The maximum Gasteiger partial charge on any atom is 0.328 e. The summed E-state index contributed by atoms with van der Waals surface area (Å²) in [6.07, 6.45) is 45.6. The molecule has 336 valence electrons. The first kappa shape index (κ1) is 54.8. The fraction of sp³-hybridized carbons (Fsp3) is 0.917. The number of ether oxygens (including phenoxy) is 1. The van der Waals surface area contributed by atoms with E-state index in [-0.39, 0.29) is 24.5 Å². The number of aliphatic hydroxyl groups excluding tert-OH is 1. The molecule has 2 unspecified atom stereocenters. The average molecular weight is 809 g/mol. The van der Waals surface area contributed by atoms with E-state index in [4.69, 9.17) is 14.9 Å². The van der Waals surface area contributed by atoms with Gasteiger partial charge < -0.3 is 25.6 Å². The lowest BCUT2D eigenvalue weighted by Gasteiger charge is -2.18. The van der Waals surface area contributed by atoms with Crippen molar-refractivity contribution in [2.45, 2.75) is 270 Å². The van der Waals surface area contributed by atoms with Crippen LogP contribution in [-0.4, -0.2) is 59.3 Å². The summed E-state index contributed by atoms with van der Waals surface area (Å²) in [5.74, 6) is -2.26. The highest BCUT2D eigenvalue weighted by molar-refractivity contribution is 5.87. The molecular formula is C48H92N2O7. The Morgan fingerprint density at radius 2 is 0.789 bits per heavy atom. The molecule has 0 fully saturated rings. The largest absolute Gasteiger partial charge is 0.480 e. The lowest BCUT2D eigenvalue weighted by atomic mass is 10.0. The quantitative estimate of drug-likeness (QED) is 0.0354.